The Hall–Kier alpha value is -0.860. The predicted molar refractivity (Wildman–Crippen MR) is 77.8 cm³/mol. The van der Waals surface area contributed by atoms with Gasteiger partial charge < -0.3 is 10.1 Å². The fourth-order valence-corrected chi connectivity index (χ4v) is 2.14. The summed E-state index contributed by atoms with van der Waals surface area (Å²) in [7, 11) is 0. The van der Waals surface area contributed by atoms with E-state index >= 15 is 0 Å². The van der Waals surface area contributed by atoms with E-state index in [1.165, 1.54) is 5.56 Å². The van der Waals surface area contributed by atoms with Gasteiger partial charge in [0.25, 0.3) is 0 Å². The third-order valence-corrected chi connectivity index (χ3v) is 2.78. The molecule has 102 valence electrons. The Bertz CT molecular complexity index is 329. The average molecular weight is 249 g/mol. The summed E-state index contributed by atoms with van der Waals surface area (Å²) in [4.78, 5) is 0. The summed E-state index contributed by atoms with van der Waals surface area (Å²) in [6, 6.07) is 10.8. The van der Waals surface area contributed by atoms with Crippen molar-refractivity contribution in [1.82, 2.24) is 5.32 Å². The molecule has 0 saturated heterocycles. The lowest BCUT2D eigenvalue weighted by Crippen LogP contribution is -2.37. The predicted octanol–water partition coefficient (Wildman–Crippen LogP) is 3.93. The number of hydrogen-bond donors (Lipinski definition) is 1. The van der Waals surface area contributed by atoms with Crippen LogP contribution in [0.5, 0.6) is 0 Å². The molecule has 0 aromatic heterocycles. The highest BCUT2D eigenvalue weighted by molar-refractivity contribution is 5.20. The Morgan fingerprint density at radius 3 is 2.28 bits per heavy atom. The molecule has 0 spiro atoms. The van der Waals surface area contributed by atoms with E-state index in [-0.39, 0.29) is 17.7 Å². The first-order valence-corrected chi connectivity index (χ1v) is 6.90. The highest BCUT2D eigenvalue weighted by Gasteiger charge is 2.23. The van der Waals surface area contributed by atoms with E-state index in [4.69, 9.17) is 4.74 Å². The van der Waals surface area contributed by atoms with Gasteiger partial charge in [-0.25, -0.2) is 0 Å². The fourth-order valence-electron chi connectivity index (χ4n) is 2.14. The molecular weight excluding hydrogens is 222 g/mol. The SMILES string of the molecule is CCCNC(c1ccccc1)C(C)OC(C)(C)C. The Morgan fingerprint density at radius 2 is 1.78 bits per heavy atom. The molecule has 2 heteroatoms. The Balaban J connectivity index is 2.78. The summed E-state index contributed by atoms with van der Waals surface area (Å²) >= 11 is 0. The van der Waals surface area contributed by atoms with Gasteiger partial charge in [0, 0.05) is 0 Å². The summed E-state index contributed by atoms with van der Waals surface area (Å²) in [5.74, 6) is 0. The largest absolute Gasteiger partial charge is 0.371 e. The number of rotatable bonds is 6. The molecular formula is C16H27NO. The maximum Gasteiger partial charge on any atom is 0.0748 e. The monoisotopic (exact) mass is 249 g/mol. The number of ether oxygens (including phenoxy) is 1. The van der Waals surface area contributed by atoms with Crippen molar-refractivity contribution in [2.24, 2.45) is 0 Å². The van der Waals surface area contributed by atoms with Crippen LogP contribution in [0.1, 0.15) is 52.6 Å². The number of hydrogen-bond acceptors (Lipinski definition) is 2. The molecule has 0 radical (unpaired) electrons. The highest BCUT2D eigenvalue weighted by Crippen LogP contribution is 2.23. The van der Waals surface area contributed by atoms with Crippen LogP contribution in [0.4, 0.5) is 0 Å². The van der Waals surface area contributed by atoms with Gasteiger partial charge in [0.2, 0.25) is 0 Å². The van der Waals surface area contributed by atoms with Gasteiger partial charge in [-0.2, -0.15) is 0 Å². The summed E-state index contributed by atoms with van der Waals surface area (Å²) in [6.07, 6.45) is 1.28. The van der Waals surface area contributed by atoms with E-state index in [1.54, 1.807) is 0 Å². The smallest absolute Gasteiger partial charge is 0.0748 e. The lowest BCUT2D eigenvalue weighted by molar-refractivity contribution is -0.0669. The van der Waals surface area contributed by atoms with Crippen LogP contribution in [0.3, 0.4) is 0 Å². The molecule has 1 N–H and O–H groups in total. The third-order valence-electron chi connectivity index (χ3n) is 2.78. The zero-order valence-electron chi connectivity index (χ0n) is 12.4. The van der Waals surface area contributed by atoms with Crippen LogP contribution in [0, 0.1) is 0 Å². The molecule has 0 aliphatic carbocycles. The zero-order chi connectivity index (χ0) is 13.6. The third kappa shape index (κ3) is 5.19. The van der Waals surface area contributed by atoms with Crippen molar-refractivity contribution < 1.29 is 4.74 Å². The van der Waals surface area contributed by atoms with E-state index < -0.39 is 0 Å². The van der Waals surface area contributed by atoms with Crippen LogP contribution in [0.25, 0.3) is 0 Å². The van der Waals surface area contributed by atoms with Crippen molar-refractivity contribution in [3.8, 4) is 0 Å². The number of benzene rings is 1. The maximum absolute atomic E-state index is 6.09. The van der Waals surface area contributed by atoms with Crippen LogP contribution >= 0.6 is 0 Å². The minimum atomic E-state index is -0.111. The summed E-state index contributed by atoms with van der Waals surface area (Å²) < 4.78 is 6.09. The average Bonchev–Trinajstić information content (AvgIpc) is 2.28. The molecule has 0 bridgehead atoms. The molecule has 2 atom stereocenters. The molecule has 0 fully saturated rings. The molecule has 2 unspecified atom stereocenters. The van der Waals surface area contributed by atoms with Crippen molar-refractivity contribution in [3.63, 3.8) is 0 Å². The first kappa shape index (κ1) is 15.2. The molecule has 1 rings (SSSR count). The molecule has 0 amide bonds. The van der Waals surface area contributed by atoms with Crippen LogP contribution in [-0.4, -0.2) is 18.2 Å². The van der Waals surface area contributed by atoms with Crippen LogP contribution < -0.4 is 5.32 Å². The second-order valence-corrected chi connectivity index (χ2v) is 5.78. The summed E-state index contributed by atoms with van der Waals surface area (Å²) in [5.41, 5.74) is 1.18. The first-order chi connectivity index (χ1) is 8.44. The maximum atomic E-state index is 6.09. The Morgan fingerprint density at radius 1 is 1.17 bits per heavy atom. The van der Waals surface area contributed by atoms with E-state index in [2.05, 4.69) is 70.3 Å². The molecule has 2 nitrogen and oxygen atoms in total. The van der Waals surface area contributed by atoms with Crippen molar-refractivity contribution in [3.05, 3.63) is 35.9 Å². The van der Waals surface area contributed by atoms with Gasteiger partial charge in [-0.15, -0.1) is 0 Å². The molecule has 0 saturated carbocycles. The van der Waals surface area contributed by atoms with E-state index in [0.29, 0.717) is 0 Å². The Kier molecular flexibility index (Phi) is 5.83. The van der Waals surface area contributed by atoms with Crippen LogP contribution in [-0.2, 0) is 4.74 Å². The second kappa shape index (κ2) is 6.91. The lowest BCUT2D eigenvalue weighted by atomic mass is 10.0. The van der Waals surface area contributed by atoms with Crippen molar-refractivity contribution >= 4 is 0 Å². The summed E-state index contributed by atoms with van der Waals surface area (Å²) in [6.45, 7) is 11.6. The lowest BCUT2D eigenvalue weighted by Gasteiger charge is -2.32. The molecule has 1 aromatic carbocycles. The molecule has 0 aliphatic rings. The normalized spacial score (nSPS) is 15.4. The van der Waals surface area contributed by atoms with E-state index in [1.807, 2.05) is 0 Å². The van der Waals surface area contributed by atoms with Gasteiger partial charge in [0.15, 0.2) is 0 Å². The number of nitrogens with one attached hydrogen (secondary N) is 1. The van der Waals surface area contributed by atoms with E-state index in [0.717, 1.165) is 13.0 Å². The second-order valence-electron chi connectivity index (χ2n) is 5.78. The highest BCUT2D eigenvalue weighted by atomic mass is 16.5. The van der Waals surface area contributed by atoms with Crippen LogP contribution in [0.2, 0.25) is 0 Å². The Labute approximate surface area is 112 Å². The van der Waals surface area contributed by atoms with Gasteiger partial charge >= 0.3 is 0 Å². The van der Waals surface area contributed by atoms with Gasteiger partial charge in [0.05, 0.1) is 17.7 Å². The minimum Gasteiger partial charge on any atom is -0.371 e. The van der Waals surface area contributed by atoms with Gasteiger partial charge in [0.1, 0.15) is 0 Å². The van der Waals surface area contributed by atoms with Gasteiger partial charge in [-0.05, 0) is 46.2 Å². The van der Waals surface area contributed by atoms with Crippen molar-refractivity contribution in [1.29, 1.82) is 0 Å². The van der Waals surface area contributed by atoms with E-state index in [9.17, 15) is 0 Å². The fraction of sp³-hybridized carbons (Fsp3) is 0.625. The van der Waals surface area contributed by atoms with Crippen molar-refractivity contribution in [2.45, 2.75) is 58.8 Å². The van der Waals surface area contributed by atoms with Gasteiger partial charge in [-0.3, -0.25) is 0 Å². The topological polar surface area (TPSA) is 21.3 Å². The standard InChI is InChI=1S/C16H27NO/c1-6-12-17-15(13(2)18-16(3,4)5)14-10-8-7-9-11-14/h7-11,13,15,17H,6,12H2,1-5H3. The molecule has 0 aliphatic heterocycles. The molecule has 0 heterocycles. The minimum absolute atomic E-state index is 0.111. The molecule has 18 heavy (non-hydrogen) atoms. The molecule has 1 aromatic rings. The van der Waals surface area contributed by atoms with Gasteiger partial charge in [-0.1, -0.05) is 37.3 Å². The first-order valence-electron chi connectivity index (χ1n) is 6.90. The summed E-state index contributed by atoms with van der Waals surface area (Å²) in [5, 5.41) is 3.58. The van der Waals surface area contributed by atoms with Crippen LogP contribution in [0.15, 0.2) is 30.3 Å². The van der Waals surface area contributed by atoms with Crippen molar-refractivity contribution in [2.75, 3.05) is 6.54 Å². The zero-order valence-corrected chi connectivity index (χ0v) is 12.4. The quantitative estimate of drug-likeness (QED) is 0.824.